The molecule has 2 aromatic heterocycles. The topological polar surface area (TPSA) is 189 Å². The van der Waals surface area contributed by atoms with Gasteiger partial charge in [0.2, 0.25) is 11.8 Å². The molecule has 338 valence electrons. The van der Waals surface area contributed by atoms with Crippen LogP contribution >= 0.6 is 22.9 Å². The highest BCUT2D eigenvalue weighted by atomic mass is 35.5. The first-order valence-corrected chi connectivity index (χ1v) is 22.6. The third-order valence-corrected chi connectivity index (χ3v) is 13.5. The van der Waals surface area contributed by atoms with Crippen molar-refractivity contribution in [3.05, 3.63) is 28.6 Å². The normalized spacial score (nSPS) is 25.6. The van der Waals surface area contributed by atoms with Crippen LogP contribution in [-0.4, -0.2) is 115 Å². The Kier molecular flexibility index (Phi) is 13.5. The lowest BCUT2D eigenvalue weighted by Gasteiger charge is -2.35. The Morgan fingerprint density at radius 1 is 0.984 bits per heavy atom. The van der Waals surface area contributed by atoms with Crippen molar-refractivity contribution < 1.29 is 47.6 Å². The van der Waals surface area contributed by atoms with Gasteiger partial charge in [-0.05, 0) is 74.8 Å². The second kappa shape index (κ2) is 18.3. The molecule has 3 aliphatic carbocycles. The highest BCUT2D eigenvalue weighted by molar-refractivity contribution is 7.14. The molecule has 3 saturated carbocycles. The van der Waals surface area contributed by atoms with Crippen molar-refractivity contribution in [2.75, 3.05) is 39.8 Å². The molecular formula is C44H59ClN6O10S. The number of rotatable bonds is 17. The number of ether oxygens (including phenoxy) is 6. The summed E-state index contributed by atoms with van der Waals surface area (Å²) in [6.07, 6.45) is 1.74. The van der Waals surface area contributed by atoms with E-state index in [1.807, 2.05) is 46.9 Å². The molecule has 0 bridgehead atoms. The molecule has 3 amide bonds. The fourth-order valence-corrected chi connectivity index (χ4v) is 9.95. The van der Waals surface area contributed by atoms with Gasteiger partial charge in [0.15, 0.2) is 11.4 Å². The number of esters is 1. The molecule has 8 atom stereocenters. The molecule has 7 rings (SSSR count). The number of nitrogens with one attached hydrogen (secondary N) is 3. The number of benzene rings is 1. The molecule has 3 heterocycles. The fourth-order valence-electron chi connectivity index (χ4n) is 8.83. The maximum absolute atomic E-state index is 14.9. The number of anilines is 1. The SMILES string of the molecule is CC[C@@H]1C[C@]1(NC(=O)C1C[C@@H](Oc2cc(-c3csc(NC(C)C)n3)nc3c(Cl)c(OCC(OC)OC)ccc23)CN1C(=O)[C@@H](NC(=O)OC1C[C@@H]2C[C@@H]2C1)C(C)(C)C)C(=O)OC. The van der Waals surface area contributed by atoms with Gasteiger partial charge in [-0.3, -0.25) is 9.59 Å². The minimum atomic E-state index is -1.20. The number of pyridine rings is 1. The Morgan fingerprint density at radius 2 is 1.71 bits per heavy atom. The van der Waals surface area contributed by atoms with Gasteiger partial charge in [0.05, 0.1) is 24.9 Å². The van der Waals surface area contributed by atoms with E-state index < -0.39 is 59.3 Å². The summed E-state index contributed by atoms with van der Waals surface area (Å²) in [5, 5.41) is 12.5. The standard InChI is InChI=1S/C44H59ClN6O10S/c1-10-25-18-44(25,40(54)58-9)50-38(52)31-16-27(19-51(31)39(53)37(43(4,5)6)49-42(55)61-26-14-23-13-24(23)15-26)60-33-17-29(30-21-62-41(48-30)46-22(2)3)47-36-28(33)11-12-32(35(36)45)59-20-34(56-7)57-8/h11-12,17,21-27,31,34,37H,10,13-16,18-20H2,1-9H3,(H,46,48)(H,49,55)(H,50,52)/t23-,24+,25-,26?,27-,31?,37-,44-/m1/s1. The number of carbonyl (C=O) groups is 4. The van der Waals surface area contributed by atoms with Crippen molar-refractivity contribution in [2.24, 2.45) is 23.2 Å². The van der Waals surface area contributed by atoms with Crippen LogP contribution in [0.1, 0.15) is 80.1 Å². The van der Waals surface area contributed by atoms with Crippen molar-refractivity contribution in [1.29, 1.82) is 0 Å². The number of halogens is 1. The lowest BCUT2D eigenvalue weighted by molar-refractivity contribution is -0.148. The number of hydrogen-bond donors (Lipinski definition) is 3. The highest BCUT2D eigenvalue weighted by Crippen LogP contribution is 2.52. The van der Waals surface area contributed by atoms with Crippen molar-refractivity contribution in [3.63, 3.8) is 0 Å². The van der Waals surface area contributed by atoms with E-state index in [2.05, 4.69) is 16.0 Å². The van der Waals surface area contributed by atoms with Crippen molar-refractivity contribution >= 4 is 62.8 Å². The summed E-state index contributed by atoms with van der Waals surface area (Å²) in [4.78, 5) is 66.9. The molecule has 3 N–H and O–H groups in total. The van der Waals surface area contributed by atoms with E-state index in [0.717, 1.165) is 12.8 Å². The third kappa shape index (κ3) is 9.70. The minimum absolute atomic E-state index is 0.0166. The van der Waals surface area contributed by atoms with Gasteiger partial charge in [-0.1, -0.05) is 45.7 Å². The first-order valence-electron chi connectivity index (χ1n) is 21.4. The van der Waals surface area contributed by atoms with Gasteiger partial charge < -0.3 is 49.3 Å². The first kappa shape index (κ1) is 45.6. The van der Waals surface area contributed by atoms with E-state index >= 15 is 0 Å². The summed E-state index contributed by atoms with van der Waals surface area (Å²) in [5.41, 5.74) is -0.543. The highest BCUT2D eigenvalue weighted by Gasteiger charge is 2.62. The third-order valence-electron chi connectivity index (χ3n) is 12.4. The fraction of sp³-hybridized carbons (Fsp3) is 0.636. The molecule has 62 heavy (non-hydrogen) atoms. The second-order valence-corrected chi connectivity index (χ2v) is 19.5. The number of carbonyl (C=O) groups excluding carboxylic acids is 4. The van der Waals surface area contributed by atoms with E-state index in [1.165, 1.54) is 44.0 Å². The van der Waals surface area contributed by atoms with Gasteiger partial charge >= 0.3 is 12.1 Å². The van der Waals surface area contributed by atoms with Gasteiger partial charge in [-0.25, -0.2) is 19.6 Å². The number of amides is 3. The minimum Gasteiger partial charge on any atom is -0.488 e. The van der Waals surface area contributed by atoms with Gasteiger partial charge in [0, 0.05) is 43.5 Å². The van der Waals surface area contributed by atoms with Crippen molar-refractivity contribution in [3.8, 4) is 22.9 Å². The van der Waals surface area contributed by atoms with Crippen LogP contribution in [-0.2, 0) is 33.3 Å². The molecule has 3 aromatic rings. The number of likely N-dealkylation sites (tertiary alicyclic amines) is 1. The summed E-state index contributed by atoms with van der Waals surface area (Å²) < 4.78 is 34.3. The van der Waals surface area contributed by atoms with Crippen LogP contribution in [0.25, 0.3) is 22.3 Å². The zero-order chi connectivity index (χ0) is 44.7. The maximum atomic E-state index is 14.9. The summed E-state index contributed by atoms with van der Waals surface area (Å²) >= 11 is 8.46. The van der Waals surface area contributed by atoms with E-state index in [4.69, 9.17) is 50.0 Å². The largest absolute Gasteiger partial charge is 0.488 e. The van der Waals surface area contributed by atoms with Crippen LogP contribution in [0.4, 0.5) is 9.93 Å². The zero-order valence-electron chi connectivity index (χ0n) is 36.9. The lowest BCUT2D eigenvalue weighted by Crippen LogP contribution is -2.59. The van der Waals surface area contributed by atoms with Crippen LogP contribution in [0, 0.1) is 23.2 Å². The second-order valence-electron chi connectivity index (χ2n) is 18.3. The van der Waals surface area contributed by atoms with Gasteiger partial charge in [-0.2, -0.15) is 0 Å². The van der Waals surface area contributed by atoms with E-state index in [-0.39, 0.29) is 42.7 Å². The number of aromatic nitrogens is 2. The van der Waals surface area contributed by atoms with E-state index in [1.54, 1.807) is 18.2 Å². The predicted octanol–water partition coefficient (Wildman–Crippen LogP) is 6.58. The average molecular weight is 900 g/mol. The quantitative estimate of drug-likeness (QED) is 0.0976. The van der Waals surface area contributed by atoms with Gasteiger partial charge in [0.25, 0.3) is 0 Å². The van der Waals surface area contributed by atoms with Crippen LogP contribution in [0.15, 0.2) is 23.6 Å². The molecule has 1 saturated heterocycles. The Bertz CT molecular complexity index is 2150. The predicted molar refractivity (Wildman–Crippen MR) is 233 cm³/mol. The zero-order valence-corrected chi connectivity index (χ0v) is 38.4. The average Bonchev–Trinajstić information content (AvgIpc) is 3.89. The Hall–Kier alpha value is -4.45. The number of fused-ring (bicyclic) bond motifs is 2. The molecule has 0 spiro atoms. The molecule has 0 radical (unpaired) electrons. The molecule has 16 nitrogen and oxygen atoms in total. The van der Waals surface area contributed by atoms with Crippen LogP contribution < -0.4 is 25.4 Å². The van der Waals surface area contributed by atoms with Gasteiger partial charge in [-0.15, -0.1) is 11.3 Å². The number of nitrogens with zero attached hydrogens (tertiary/aromatic N) is 3. The number of methoxy groups -OCH3 is 3. The van der Waals surface area contributed by atoms with Crippen LogP contribution in [0.5, 0.6) is 11.5 Å². The van der Waals surface area contributed by atoms with Crippen LogP contribution in [0.3, 0.4) is 0 Å². The van der Waals surface area contributed by atoms with Crippen LogP contribution in [0.2, 0.25) is 5.02 Å². The summed E-state index contributed by atoms with van der Waals surface area (Å²) in [5.74, 6) is 0.289. The molecule has 4 fully saturated rings. The molecule has 2 unspecified atom stereocenters. The number of alkyl carbamates (subject to hydrolysis) is 1. The number of hydrogen-bond acceptors (Lipinski definition) is 14. The van der Waals surface area contributed by atoms with Crippen molar-refractivity contribution in [1.82, 2.24) is 25.5 Å². The molecule has 4 aliphatic rings. The Morgan fingerprint density at radius 3 is 2.34 bits per heavy atom. The maximum Gasteiger partial charge on any atom is 0.408 e. The van der Waals surface area contributed by atoms with Gasteiger partial charge in [0.1, 0.15) is 58.7 Å². The van der Waals surface area contributed by atoms with Crippen molar-refractivity contribution in [2.45, 2.75) is 122 Å². The molecule has 18 heteroatoms. The lowest BCUT2D eigenvalue weighted by atomic mass is 9.85. The summed E-state index contributed by atoms with van der Waals surface area (Å²) in [6, 6.07) is 3.28. The Balaban J connectivity index is 1.22. The molecule has 1 aliphatic heterocycles. The molecular weight excluding hydrogens is 840 g/mol. The van der Waals surface area contributed by atoms with E-state index in [0.29, 0.717) is 63.6 Å². The smallest absolute Gasteiger partial charge is 0.408 e. The first-order chi connectivity index (χ1) is 29.5. The number of thiazole rings is 1. The monoisotopic (exact) mass is 898 g/mol. The Labute approximate surface area is 371 Å². The molecule has 1 aromatic carbocycles. The summed E-state index contributed by atoms with van der Waals surface area (Å²) in [6.45, 7) is 11.6. The van der Waals surface area contributed by atoms with E-state index in [9.17, 15) is 19.2 Å². The summed E-state index contributed by atoms with van der Waals surface area (Å²) in [7, 11) is 4.31.